The van der Waals surface area contributed by atoms with Crippen molar-refractivity contribution < 1.29 is 13.7 Å². The van der Waals surface area contributed by atoms with Gasteiger partial charge in [0, 0.05) is 58.8 Å². The minimum Gasteiger partial charge on any atom is -0.381 e. The number of fused-ring (bicyclic) bond motifs is 1. The first kappa shape index (κ1) is 21.6. The molecule has 1 fully saturated rings. The van der Waals surface area contributed by atoms with Crippen molar-refractivity contribution >= 4 is 33.4 Å². The molecule has 1 amide bonds. The quantitative estimate of drug-likeness (QED) is 0.604. The van der Waals surface area contributed by atoms with Gasteiger partial charge in [-0.3, -0.25) is 9.00 Å². The monoisotopic (exact) mass is 440 g/mol. The van der Waals surface area contributed by atoms with Gasteiger partial charge in [-0.15, -0.1) is 0 Å². The molecule has 3 aromatic rings. The summed E-state index contributed by atoms with van der Waals surface area (Å²) < 4.78 is 19.9. The molecule has 0 radical (unpaired) electrons. The molecule has 1 aromatic carbocycles. The Hall–Kier alpha value is -2.58. The zero-order valence-electron chi connectivity index (χ0n) is 17.9. The SMILES string of the molecule is CC(C)Cn1ncc2cc(C(=O)Nc3cccc(CS(=O)C4CCOCC4)c3)cnc21. The summed E-state index contributed by atoms with van der Waals surface area (Å²) in [5.41, 5.74) is 2.89. The molecule has 1 unspecified atom stereocenters. The van der Waals surface area contributed by atoms with Crippen LogP contribution in [0.4, 0.5) is 5.69 Å². The Bertz CT molecular complexity index is 1090. The largest absolute Gasteiger partial charge is 0.381 e. The molecule has 4 rings (SSSR count). The van der Waals surface area contributed by atoms with Crippen molar-refractivity contribution in [1.29, 1.82) is 0 Å². The highest BCUT2D eigenvalue weighted by Gasteiger charge is 2.20. The summed E-state index contributed by atoms with van der Waals surface area (Å²) >= 11 is 0. The first-order chi connectivity index (χ1) is 15.0. The Morgan fingerprint density at radius 3 is 2.84 bits per heavy atom. The third kappa shape index (κ3) is 5.37. The second-order valence-electron chi connectivity index (χ2n) is 8.35. The van der Waals surface area contributed by atoms with Crippen LogP contribution in [-0.2, 0) is 27.8 Å². The highest BCUT2D eigenvalue weighted by molar-refractivity contribution is 7.84. The predicted molar refractivity (Wildman–Crippen MR) is 122 cm³/mol. The molecule has 8 heteroatoms. The number of carbonyl (C=O) groups excluding carboxylic acids is 1. The Kier molecular flexibility index (Phi) is 6.77. The molecule has 31 heavy (non-hydrogen) atoms. The van der Waals surface area contributed by atoms with Crippen molar-refractivity contribution in [3.8, 4) is 0 Å². The summed E-state index contributed by atoms with van der Waals surface area (Å²) in [6.45, 7) is 6.40. The number of aromatic nitrogens is 3. The number of nitrogens with zero attached hydrogens (tertiary/aromatic N) is 3. The van der Waals surface area contributed by atoms with E-state index < -0.39 is 10.8 Å². The Labute approximate surface area is 184 Å². The fraction of sp³-hybridized carbons (Fsp3) is 0.435. The lowest BCUT2D eigenvalue weighted by molar-refractivity contribution is 0.0991. The lowest BCUT2D eigenvalue weighted by atomic mass is 10.2. The fourth-order valence-corrected chi connectivity index (χ4v) is 5.20. The zero-order chi connectivity index (χ0) is 21.8. The number of hydrogen-bond donors (Lipinski definition) is 1. The smallest absolute Gasteiger partial charge is 0.257 e. The van der Waals surface area contributed by atoms with Crippen LogP contribution in [-0.4, -0.2) is 43.3 Å². The number of pyridine rings is 1. The fourth-order valence-electron chi connectivity index (χ4n) is 3.74. The minimum absolute atomic E-state index is 0.182. The summed E-state index contributed by atoms with van der Waals surface area (Å²) in [6.07, 6.45) is 5.01. The van der Waals surface area contributed by atoms with E-state index >= 15 is 0 Å². The van der Waals surface area contributed by atoms with Crippen molar-refractivity contribution in [3.05, 3.63) is 53.9 Å². The van der Waals surface area contributed by atoms with Gasteiger partial charge in [-0.2, -0.15) is 5.10 Å². The second kappa shape index (κ2) is 9.70. The van der Waals surface area contributed by atoms with Gasteiger partial charge in [-0.25, -0.2) is 9.67 Å². The van der Waals surface area contributed by atoms with Crippen LogP contribution in [0.3, 0.4) is 0 Å². The molecule has 2 aromatic heterocycles. The van der Waals surface area contributed by atoms with Crippen LogP contribution in [0.2, 0.25) is 0 Å². The molecule has 0 aliphatic carbocycles. The van der Waals surface area contributed by atoms with E-state index in [1.807, 2.05) is 35.0 Å². The normalized spacial score (nSPS) is 16.0. The van der Waals surface area contributed by atoms with Gasteiger partial charge in [0.05, 0.1) is 11.8 Å². The van der Waals surface area contributed by atoms with E-state index in [4.69, 9.17) is 4.74 Å². The molecule has 0 saturated carbocycles. The van der Waals surface area contributed by atoms with Crippen LogP contribution < -0.4 is 5.32 Å². The number of rotatable bonds is 7. The van der Waals surface area contributed by atoms with E-state index in [9.17, 15) is 9.00 Å². The number of amides is 1. The number of nitrogens with one attached hydrogen (secondary N) is 1. The summed E-state index contributed by atoms with van der Waals surface area (Å²) in [5, 5.41) is 8.34. The maximum Gasteiger partial charge on any atom is 0.257 e. The molecule has 1 N–H and O–H groups in total. The lowest BCUT2D eigenvalue weighted by Gasteiger charge is -2.21. The van der Waals surface area contributed by atoms with E-state index in [-0.39, 0.29) is 11.2 Å². The predicted octanol–water partition coefficient (Wildman–Crippen LogP) is 3.77. The van der Waals surface area contributed by atoms with E-state index in [1.54, 1.807) is 12.4 Å². The van der Waals surface area contributed by atoms with Gasteiger partial charge in [0.2, 0.25) is 0 Å². The van der Waals surface area contributed by atoms with Crippen LogP contribution in [0.15, 0.2) is 42.7 Å². The summed E-state index contributed by atoms with van der Waals surface area (Å²) in [4.78, 5) is 17.2. The van der Waals surface area contributed by atoms with Crippen LogP contribution in [0.5, 0.6) is 0 Å². The van der Waals surface area contributed by atoms with Crippen LogP contribution in [0, 0.1) is 5.92 Å². The number of carbonyl (C=O) groups is 1. The molecule has 1 atom stereocenters. The van der Waals surface area contributed by atoms with Gasteiger partial charge in [-0.05, 0) is 42.5 Å². The lowest BCUT2D eigenvalue weighted by Crippen LogP contribution is -2.25. The first-order valence-corrected chi connectivity index (χ1v) is 12.0. The second-order valence-corrected chi connectivity index (χ2v) is 10.1. The van der Waals surface area contributed by atoms with Gasteiger partial charge >= 0.3 is 0 Å². The maximum absolute atomic E-state index is 12.8. The zero-order valence-corrected chi connectivity index (χ0v) is 18.7. The standard InChI is InChI=1S/C23H28N4O3S/c1-16(2)14-27-22-18(13-25-27)11-19(12-24-22)23(28)26-20-5-3-4-17(10-20)15-31(29)21-6-8-30-9-7-21/h3-5,10-13,16,21H,6-9,14-15H2,1-2H3,(H,26,28). The molecule has 1 saturated heterocycles. The van der Waals surface area contributed by atoms with Crippen molar-refractivity contribution in [2.24, 2.45) is 5.92 Å². The maximum atomic E-state index is 12.8. The number of anilines is 1. The van der Waals surface area contributed by atoms with Gasteiger partial charge in [0.15, 0.2) is 5.65 Å². The highest BCUT2D eigenvalue weighted by atomic mass is 32.2. The molecule has 1 aliphatic rings. The van der Waals surface area contributed by atoms with Crippen molar-refractivity contribution in [2.75, 3.05) is 18.5 Å². The van der Waals surface area contributed by atoms with Gasteiger partial charge in [0.25, 0.3) is 5.91 Å². The first-order valence-electron chi connectivity index (χ1n) is 10.7. The molecular weight excluding hydrogens is 412 g/mol. The summed E-state index contributed by atoms with van der Waals surface area (Å²) in [6, 6.07) is 9.37. The topological polar surface area (TPSA) is 86.1 Å². The van der Waals surface area contributed by atoms with Crippen molar-refractivity contribution in [2.45, 2.75) is 44.2 Å². The Morgan fingerprint density at radius 2 is 2.06 bits per heavy atom. The van der Waals surface area contributed by atoms with Gasteiger partial charge in [-0.1, -0.05) is 26.0 Å². The summed E-state index contributed by atoms with van der Waals surface area (Å²) in [5.74, 6) is 0.714. The van der Waals surface area contributed by atoms with Crippen molar-refractivity contribution in [3.63, 3.8) is 0 Å². The van der Waals surface area contributed by atoms with Crippen LogP contribution in [0.1, 0.15) is 42.6 Å². The minimum atomic E-state index is -0.944. The van der Waals surface area contributed by atoms with Gasteiger partial charge < -0.3 is 10.1 Å². The summed E-state index contributed by atoms with van der Waals surface area (Å²) in [7, 11) is -0.944. The number of benzene rings is 1. The molecule has 0 spiro atoms. The third-order valence-corrected chi connectivity index (χ3v) is 7.14. The molecule has 164 valence electrons. The third-order valence-electron chi connectivity index (χ3n) is 5.31. The molecular formula is C23H28N4O3S. The van der Waals surface area contributed by atoms with Gasteiger partial charge in [0.1, 0.15) is 0 Å². The van der Waals surface area contributed by atoms with Crippen LogP contribution in [0.25, 0.3) is 11.0 Å². The highest BCUT2D eigenvalue weighted by Crippen LogP contribution is 2.20. The average Bonchev–Trinajstić information content (AvgIpc) is 3.16. The van der Waals surface area contributed by atoms with Crippen LogP contribution >= 0.6 is 0 Å². The Balaban J connectivity index is 1.43. The number of hydrogen-bond acceptors (Lipinski definition) is 5. The van der Waals surface area contributed by atoms with Crippen molar-refractivity contribution in [1.82, 2.24) is 14.8 Å². The number of ether oxygens (including phenoxy) is 1. The molecule has 0 bridgehead atoms. The van der Waals surface area contributed by atoms with E-state index in [0.29, 0.717) is 36.1 Å². The molecule has 7 nitrogen and oxygen atoms in total. The van der Waals surface area contributed by atoms with E-state index in [1.165, 1.54) is 0 Å². The van der Waals surface area contributed by atoms with E-state index in [2.05, 4.69) is 29.2 Å². The molecule has 1 aliphatic heterocycles. The van der Waals surface area contributed by atoms with E-state index in [0.717, 1.165) is 36.0 Å². The molecule has 3 heterocycles. The average molecular weight is 441 g/mol. The Morgan fingerprint density at radius 1 is 1.26 bits per heavy atom.